The second-order valence-electron chi connectivity index (χ2n) is 4.59. The third-order valence-corrected chi connectivity index (χ3v) is 4.25. The molecule has 0 aliphatic carbocycles. The van der Waals surface area contributed by atoms with Crippen LogP contribution in [-0.2, 0) is 16.1 Å². The number of fused-ring (bicyclic) bond motifs is 1. The fourth-order valence-corrected chi connectivity index (χ4v) is 3.14. The van der Waals surface area contributed by atoms with Crippen LogP contribution < -0.4 is 4.84 Å². The Labute approximate surface area is 113 Å². The Bertz CT molecular complexity index is 526. The second kappa shape index (κ2) is 4.28. The number of halogens is 1. The zero-order valence-electron chi connectivity index (χ0n) is 10.4. The minimum Gasteiger partial charge on any atom is -0.401 e. The molecule has 5 nitrogen and oxygen atoms in total. The highest BCUT2D eigenvalue weighted by molar-refractivity contribution is 7.08. The number of hydrogen-bond acceptors (Lipinski definition) is 5. The van der Waals surface area contributed by atoms with Crippen LogP contribution in [0.1, 0.15) is 25.3 Å². The highest BCUT2D eigenvalue weighted by Gasteiger charge is 2.54. The zero-order valence-corrected chi connectivity index (χ0v) is 11.2. The van der Waals surface area contributed by atoms with Crippen LogP contribution in [0, 0.1) is 0 Å². The van der Waals surface area contributed by atoms with Gasteiger partial charge in [-0.05, 0) is 12.3 Å². The quantitative estimate of drug-likeness (QED) is 0.612. The van der Waals surface area contributed by atoms with E-state index in [1.165, 1.54) is 11.3 Å². The predicted octanol–water partition coefficient (Wildman–Crippen LogP) is 1.69. The largest absolute Gasteiger partial charge is 0.401 e. The van der Waals surface area contributed by atoms with E-state index in [4.69, 9.17) is 4.84 Å². The fraction of sp³-hybridized carbons (Fsp3) is 0.500. The van der Waals surface area contributed by atoms with Crippen molar-refractivity contribution in [2.75, 3.05) is 6.54 Å². The first kappa shape index (κ1) is 12.6. The lowest BCUT2D eigenvalue weighted by Crippen LogP contribution is -2.61. The van der Waals surface area contributed by atoms with Crippen LogP contribution in [0.4, 0.5) is 4.39 Å². The smallest absolute Gasteiger partial charge is 0.285 e. The molecule has 102 valence electrons. The van der Waals surface area contributed by atoms with Crippen molar-refractivity contribution in [3.8, 4) is 5.75 Å². The van der Waals surface area contributed by atoms with Crippen LogP contribution in [0.15, 0.2) is 10.8 Å². The first-order valence-corrected chi connectivity index (χ1v) is 7.05. The Morgan fingerprint density at radius 1 is 1.47 bits per heavy atom. The Morgan fingerprint density at radius 3 is 2.95 bits per heavy atom. The summed E-state index contributed by atoms with van der Waals surface area (Å²) in [5.74, 6) is -2.80. The third-order valence-electron chi connectivity index (χ3n) is 3.48. The maximum atomic E-state index is 15.0. The first-order valence-electron chi connectivity index (χ1n) is 6.10. The Balaban J connectivity index is 1.85. The Hall–Kier alpha value is -1.47. The van der Waals surface area contributed by atoms with E-state index in [1.54, 1.807) is 12.3 Å². The summed E-state index contributed by atoms with van der Waals surface area (Å²) >= 11 is 1.47. The molecule has 0 aromatic carbocycles. The molecule has 3 heterocycles. The molecular formula is C12H13FN2O3S. The first-order chi connectivity index (χ1) is 9.06. The highest BCUT2D eigenvalue weighted by atomic mass is 32.1. The van der Waals surface area contributed by atoms with Gasteiger partial charge >= 0.3 is 0 Å². The summed E-state index contributed by atoms with van der Waals surface area (Å²) in [6.45, 7) is 2.06. The number of piperidine rings is 1. The number of alkyl halides is 1. The van der Waals surface area contributed by atoms with Crippen molar-refractivity contribution >= 4 is 23.2 Å². The minimum atomic E-state index is -2.25. The number of nitrogens with zero attached hydrogens (tertiary/aromatic N) is 2. The van der Waals surface area contributed by atoms with Gasteiger partial charge in [-0.25, -0.2) is 4.39 Å². The van der Waals surface area contributed by atoms with E-state index >= 15 is 0 Å². The van der Waals surface area contributed by atoms with Crippen molar-refractivity contribution in [1.29, 1.82) is 0 Å². The Morgan fingerprint density at radius 2 is 2.26 bits per heavy atom. The van der Waals surface area contributed by atoms with Gasteiger partial charge in [0.1, 0.15) is 0 Å². The summed E-state index contributed by atoms with van der Waals surface area (Å²) in [7, 11) is 0. The Kier molecular flexibility index (Phi) is 2.83. The normalized spacial score (nSPS) is 27.6. The molecule has 0 radical (unpaired) electrons. The average molecular weight is 284 g/mol. The molecule has 0 unspecified atom stereocenters. The summed E-state index contributed by atoms with van der Waals surface area (Å²) in [6, 6.07) is 0. The lowest BCUT2D eigenvalue weighted by molar-refractivity contribution is -0.218. The number of carbonyl (C=O) groups is 2. The van der Waals surface area contributed by atoms with E-state index in [0.717, 1.165) is 15.5 Å². The van der Waals surface area contributed by atoms with Gasteiger partial charge in [0.15, 0.2) is 5.75 Å². The van der Waals surface area contributed by atoms with Crippen molar-refractivity contribution in [3.63, 3.8) is 0 Å². The van der Waals surface area contributed by atoms with Gasteiger partial charge in [-0.2, -0.15) is 0 Å². The molecule has 2 aliphatic heterocycles. The number of carbonyl (C=O) groups excluding carboxylic acids is 2. The summed E-state index contributed by atoms with van der Waals surface area (Å²) in [6.07, 6.45) is -0.141. The molecule has 1 fully saturated rings. The molecule has 0 saturated carbocycles. The van der Waals surface area contributed by atoms with Gasteiger partial charge in [0.2, 0.25) is 5.91 Å². The van der Waals surface area contributed by atoms with Crippen molar-refractivity contribution in [1.82, 2.24) is 9.96 Å². The highest BCUT2D eigenvalue weighted by Crippen LogP contribution is 2.40. The van der Waals surface area contributed by atoms with Crippen molar-refractivity contribution < 1.29 is 18.8 Å². The number of likely N-dealkylation sites (tertiary alicyclic amines) is 1. The molecule has 1 atom stereocenters. The van der Waals surface area contributed by atoms with Gasteiger partial charge in [0.25, 0.3) is 11.7 Å². The number of imide groups is 1. The number of hydrogen-bond donors (Lipinski definition) is 0. The van der Waals surface area contributed by atoms with Crippen molar-refractivity contribution in [2.24, 2.45) is 0 Å². The van der Waals surface area contributed by atoms with Crippen LogP contribution in [0.3, 0.4) is 0 Å². The van der Waals surface area contributed by atoms with Gasteiger partial charge in [-0.3, -0.25) is 14.5 Å². The van der Waals surface area contributed by atoms with E-state index in [2.05, 4.69) is 0 Å². The number of hydroxylamine groups is 2. The van der Waals surface area contributed by atoms with Gasteiger partial charge in [-0.15, -0.1) is 11.3 Å². The van der Waals surface area contributed by atoms with Gasteiger partial charge in [0, 0.05) is 30.3 Å². The molecule has 7 heteroatoms. The monoisotopic (exact) mass is 284 g/mol. The van der Waals surface area contributed by atoms with E-state index in [9.17, 15) is 14.0 Å². The molecule has 1 aromatic rings. The predicted molar refractivity (Wildman–Crippen MR) is 66.0 cm³/mol. The van der Waals surface area contributed by atoms with E-state index in [0.29, 0.717) is 5.75 Å². The molecule has 2 amide bonds. The van der Waals surface area contributed by atoms with Crippen LogP contribution in [0.2, 0.25) is 0 Å². The van der Waals surface area contributed by atoms with Crippen molar-refractivity contribution in [2.45, 2.75) is 32.1 Å². The van der Waals surface area contributed by atoms with E-state index in [1.807, 2.05) is 5.38 Å². The van der Waals surface area contributed by atoms with Crippen molar-refractivity contribution in [3.05, 3.63) is 16.3 Å². The minimum absolute atomic E-state index is 0.0167. The molecule has 0 spiro atoms. The summed E-state index contributed by atoms with van der Waals surface area (Å²) in [4.78, 5) is 30.1. The molecule has 0 bridgehead atoms. The lowest BCUT2D eigenvalue weighted by Gasteiger charge is -2.38. The molecule has 3 rings (SSSR count). The average Bonchev–Trinajstić information content (AvgIpc) is 2.96. The molecule has 0 N–H and O–H groups in total. The number of thiophene rings is 1. The van der Waals surface area contributed by atoms with Gasteiger partial charge in [-0.1, -0.05) is 5.06 Å². The SMILES string of the molecule is CCN1C(=O)CC[C@@](F)(N2Cc3cscc3O2)C1=O. The number of likely N-dealkylation sites (N-methyl/N-ethyl adjacent to an activating group) is 1. The summed E-state index contributed by atoms with van der Waals surface area (Å²) in [5, 5.41) is 4.70. The third kappa shape index (κ3) is 1.76. The van der Waals surface area contributed by atoms with E-state index < -0.39 is 11.7 Å². The van der Waals surface area contributed by atoms with Crippen LogP contribution in [0.25, 0.3) is 0 Å². The number of amides is 2. The van der Waals surface area contributed by atoms with Crippen LogP contribution in [0.5, 0.6) is 5.75 Å². The van der Waals surface area contributed by atoms with Gasteiger partial charge in [0.05, 0.1) is 6.54 Å². The maximum Gasteiger partial charge on any atom is 0.285 e. The maximum absolute atomic E-state index is 15.0. The summed E-state index contributed by atoms with van der Waals surface area (Å²) in [5.41, 5.74) is 0.870. The molecule has 1 aromatic heterocycles. The number of rotatable bonds is 2. The second-order valence-corrected chi connectivity index (χ2v) is 5.34. The van der Waals surface area contributed by atoms with Crippen LogP contribution >= 0.6 is 11.3 Å². The van der Waals surface area contributed by atoms with Gasteiger partial charge < -0.3 is 4.84 Å². The summed E-state index contributed by atoms with van der Waals surface area (Å²) < 4.78 is 15.0. The fourth-order valence-electron chi connectivity index (χ4n) is 2.40. The van der Waals surface area contributed by atoms with E-state index in [-0.39, 0.29) is 31.8 Å². The lowest BCUT2D eigenvalue weighted by atomic mass is 10.0. The molecular weight excluding hydrogens is 271 g/mol. The zero-order chi connectivity index (χ0) is 13.6. The van der Waals surface area contributed by atoms with Crippen LogP contribution in [-0.4, -0.2) is 34.1 Å². The standard InChI is InChI=1S/C12H13FN2O3S/c1-2-14-10(16)3-4-12(13,11(14)17)15-5-8-6-19-7-9(8)18-15/h6-7H,2-5H2,1H3/t12-/m1/s1. The topological polar surface area (TPSA) is 49.9 Å². The molecule has 2 aliphatic rings. The molecule has 1 saturated heterocycles. The molecule has 19 heavy (non-hydrogen) atoms.